The highest BCUT2D eigenvalue weighted by Gasteiger charge is 2.08. The molecule has 0 bridgehead atoms. The van der Waals surface area contributed by atoms with E-state index < -0.39 is 5.95 Å². The lowest BCUT2D eigenvalue weighted by Crippen LogP contribution is -1.98. The van der Waals surface area contributed by atoms with Crippen molar-refractivity contribution in [3.63, 3.8) is 0 Å². The molecule has 2 aromatic rings. The zero-order valence-corrected chi connectivity index (χ0v) is 9.09. The van der Waals surface area contributed by atoms with E-state index in [1.54, 1.807) is 6.20 Å². The molecule has 2 heterocycles. The van der Waals surface area contributed by atoms with E-state index in [1.807, 2.05) is 12.3 Å². The molecule has 15 heavy (non-hydrogen) atoms. The zero-order chi connectivity index (χ0) is 10.7. The van der Waals surface area contributed by atoms with E-state index in [0.29, 0.717) is 10.8 Å². The van der Waals surface area contributed by atoms with Crippen LogP contribution in [0.5, 0.6) is 0 Å². The Hall–Kier alpha value is -1.36. The molecule has 2 aromatic heterocycles. The number of hydrogen-bond donors (Lipinski definition) is 0. The van der Waals surface area contributed by atoms with Crippen LogP contribution >= 0.6 is 11.3 Å². The molecular formula is C10H10FN3S. The highest BCUT2D eigenvalue weighted by molar-refractivity contribution is 7.12. The normalized spacial score (nSPS) is 10.5. The Bertz CT molecular complexity index is 442. The van der Waals surface area contributed by atoms with Crippen LogP contribution in [0, 0.1) is 5.95 Å². The third-order valence-corrected chi connectivity index (χ3v) is 2.65. The number of thiazole rings is 1. The van der Waals surface area contributed by atoms with Crippen LogP contribution in [0.3, 0.4) is 0 Å². The van der Waals surface area contributed by atoms with Crippen molar-refractivity contribution in [1.82, 2.24) is 15.0 Å². The lowest BCUT2D eigenvalue weighted by atomic mass is 10.2. The van der Waals surface area contributed by atoms with Gasteiger partial charge in [-0.05, 0) is 6.42 Å². The van der Waals surface area contributed by atoms with E-state index in [0.717, 1.165) is 18.5 Å². The van der Waals surface area contributed by atoms with Crippen molar-refractivity contribution in [2.24, 2.45) is 0 Å². The van der Waals surface area contributed by atoms with Crippen LogP contribution in [0.15, 0.2) is 17.6 Å². The Morgan fingerprint density at radius 2 is 2.27 bits per heavy atom. The van der Waals surface area contributed by atoms with Gasteiger partial charge in [0.1, 0.15) is 0 Å². The molecule has 0 spiro atoms. The Morgan fingerprint density at radius 1 is 1.40 bits per heavy atom. The van der Waals surface area contributed by atoms with Crippen molar-refractivity contribution in [3.8, 4) is 10.8 Å². The maximum atomic E-state index is 13.2. The number of aryl methyl sites for hydroxylation is 1. The molecule has 0 saturated heterocycles. The van der Waals surface area contributed by atoms with Crippen molar-refractivity contribution >= 4 is 11.3 Å². The minimum absolute atomic E-state index is 0.383. The molecule has 3 nitrogen and oxygen atoms in total. The molecular weight excluding hydrogens is 213 g/mol. The molecule has 0 N–H and O–H groups in total. The molecule has 78 valence electrons. The quantitative estimate of drug-likeness (QED) is 0.751. The van der Waals surface area contributed by atoms with Gasteiger partial charge in [0.25, 0.3) is 0 Å². The first-order valence-electron chi connectivity index (χ1n) is 4.73. The summed E-state index contributed by atoms with van der Waals surface area (Å²) in [6.45, 7) is 2.03. The third kappa shape index (κ3) is 2.36. The lowest BCUT2D eigenvalue weighted by molar-refractivity contribution is 0.577. The second kappa shape index (κ2) is 4.44. The average molecular weight is 223 g/mol. The fraction of sp³-hybridized carbons (Fsp3) is 0.300. The number of hydrogen-bond acceptors (Lipinski definition) is 4. The largest absolute Gasteiger partial charge is 0.241 e. The van der Waals surface area contributed by atoms with E-state index in [2.05, 4.69) is 15.0 Å². The average Bonchev–Trinajstić information content (AvgIpc) is 2.70. The Labute approximate surface area is 91.0 Å². The van der Waals surface area contributed by atoms with Gasteiger partial charge in [0, 0.05) is 23.3 Å². The smallest absolute Gasteiger partial charge is 0.216 e. The van der Waals surface area contributed by atoms with Gasteiger partial charge in [0.05, 0.1) is 0 Å². The summed E-state index contributed by atoms with van der Waals surface area (Å²) in [6.07, 6.45) is 3.36. The summed E-state index contributed by atoms with van der Waals surface area (Å²) in [5.74, 6) is -0.105. The van der Waals surface area contributed by atoms with Crippen molar-refractivity contribution in [2.75, 3.05) is 0 Å². The number of nitrogens with zero attached hydrogens (tertiary/aromatic N) is 3. The summed E-state index contributed by atoms with van der Waals surface area (Å²) < 4.78 is 13.2. The first kappa shape index (κ1) is 10.2. The summed E-state index contributed by atoms with van der Waals surface area (Å²) in [7, 11) is 0. The lowest BCUT2D eigenvalue weighted by Gasteiger charge is -2.00. The van der Waals surface area contributed by atoms with E-state index in [1.165, 1.54) is 17.4 Å². The van der Waals surface area contributed by atoms with Gasteiger partial charge in [0.15, 0.2) is 10.8 Å². The fourth-order valence-electron chi connectivity index (χ4n) is 1.28. The predicted octanol–water partition coefficient (Wildman–Crippen LogP) is 2.69. The monoisotopic (exact) mass is 223 g/mol. The van der Waals surface area contributed by atoms with Gasteiger partial charge in [0.2, 0.25) is 5.95 Å². The Morgan fingerprint density at radius 3 is 2.93 bits per heavy atom. The van der Waals surface area contributed by atoms with Crippen LogP contribution < -0.4 is 0 Å². The first-order chi connectivity index (χ1) is 7.29. The van der Waals surface area contributed by atoms with Gasteiger partial charge in [-0.25, -0.2) is 9.97 Å². The second-order valence-electron chi connectivity index (χ2n) is 3.09. The molecule has 0 unspecified atom stereocenters. The topological polar surface area (TPSA) is 38.7 Å². The van der Waals surface area contributed by atoms with Crippen molar-refractivity contribution in [2.45, 2.75) is 19.8 Å². The third-order valence-electron chi connectivity index (χ3n) is 1.88. The summed E-state index contributed by atoms with van der Waals surface area (Å²) in [5.41, 5.74) is 0.732. The van der Waals surface area contributed by atoms with Crippen molar-refractivity contribution < 1.29 is 4.39 Å². The summed E-state index contributed by atoms with van der Waals surface area (Å²) in [5, 5.41) is 2.48. The highest BCUT2D eigenvalue weighted by Crippen LogP contribution is 2.18. The van der Waals surface area contributed by atoms with Crippen molar-refractivity contribution in [3.05, 3.63) is 29.3 Å². The van der Waals surface area contributed by atoms with Crippen LogP contribution in [0.1, 0.15) is 19.0 Å². The number of rotatable bonds is 3. The minimum Gasteiger partial charge on any atom is -0.241 e. The number of aromatic nitrogens is 3. The van der Waals surface area contributed by atoms with Gasteiger partial charge in [-0.1, -0.05) is 13.3 Å². The molecule has 0 atom stereocenters. The molecule has 0 aliphatic rings. The number of halogens is 1. The van der Waals surface area contributed by atoms with Crippen LogP contribution in [-0.2, 0) is 6.42 Å². The predicted molar refractivity (Wildman–Crippen MR) is 57.1 cm³/mol. The van der Waals surface area contributed by atoms with Crippen molar-refractivity contribution in [1.29, 1.82) is 0 Å². The van der Waals surface area contributed by atoms with E-state index in [9.17, 15) is 4.39 Å². The Balaban J connectivity index is 2.40. The molecule has 0 fully saturated rings. The van der Waals surface area contributed by atoms with Crippen LogP contribution in [-0.4, -0.2) is 15.0 Å². The van der Waals surface area contributed by atoms with Gasteiger partial charge in [-0.2, -0.15) is 9.37 Å². The highest BCUT2D eigenvalue weighted by atomic mass is 32.1. The zero-order valence-electron chi connectivity index (χ0n) is 8.27. The molecule has 2 rings (SSSR count). The molecule has 0 aliphatic heterocycles. The van der Waals surface area contributed by atoms with Gasteiger partial charge in [-0.15, -0.1) is 11.3 Å². The van der Waals surface area contributed by atoms with Gasteiger partial charge in [-0.3, -0.25) is 0 Å². The van der Waals surface area contributed by atoms with E-state index in [4.69, 9.17) is 0 Å². The first-order valence-corrected chi connectivity index (χ1v) is 5.61. The molecule has 5 heteroatoms. The van der Waals surface area contributed by atoms with Crippen LogP contribution in [0.2, 0.25) is 0 Å². The van der Waals surface area contributed by atoms with E-state index in [-0.39, 0.29) is 0 Å². The second-order valence-corrected chi connectivity index (χ2v) is 3.99. The summed E-state index contributed by atoms with van der Waals surface area (Å²) in [4.78, 5) is 12.0. The maximum absolute atomic E-state index is 13.2. The van der Waals surface area contributed by atoms with Crippen LogP contribution in [0.25, 0.3) is 10.8 Å². The van der Waals surface area contributed by atoms with Gasteiger partial charge >= 0.3 is 0 Å². The summed E-state index contributed by atoms with van der Waals surface area (Å²) >= 11 is 1.41. The molecule has 0 aromatic carbocycles. The molecule has 0 aliphatic carbocycles. The maximum Gasteiger partial charge on any atom is 0.216 e. The molecule has 0 saturated carbocycles. The fourth-order valence-corrected chi connectivity index (χ4v) is 1.85. The van der Waals surface area contributed by atoms with Gasteiger partial charge < -0.3 is 0 Å². The van der Waals surface area contributed by atoms with Crippen LogP contribution in [0.4, 0.5) is 4.39 Å². The summed E-state index contributed by atoms with van der Waals surface area (Å²) in [6, 6.07) is 1.38. The SMILES string of the molecule is CCCc1cc(F)nc(-c2nccs2)n1. The molecule has 0 amide bonds. The molecule has 0 radical (unpaired) electrons. The van der Waals surface area contributed by atoms with E-state index >= 15 is 0 Å². The minimum atomic E-state index is -0.487. The Kier molecular flexibility index (Phi) is 3.01. The standard InChI is InChI=1S/C10H10FN3S/c1-2-3-7-6-8(11)14-9(13-7)10-12-4-5-15-10/h4-6H,2-3H2,1H3.